The number of tetrazole rings is 1. The molecular weight excluding hydrogens is 229 g/mol. The van der Waals surface area contributed by atoms with Crippen LogP contribution in [0.1, 0.15) is 10.4 Å². The van der Waals surface area contributed by atoms with E-state index in [2.05, 4.69) is 20.7 Å². The van der Waals surface area contributed by atoms with E-state index in [4.69, 9.17) is 0 Å². The molecule has 0 bridgehead atoms. The van der Waals surface area contributed by atoms with E-state index in [1.807, 2.05) is 0 Å². The van der Waals surface area contributed by atoms with Gasteiger partial charge >= 0.3 is 0 Å². The van der Waals surface area contributed by atoms with E-state index in [-0.39, 0.29) is 11.5 Å². The summed E-state index contributed by atoms with van der Waals surface area (Å²) in [7, 11) is 1.54. The minimum atomic E-state index is -0.643. The van der Waals surface area contributed by atoms with Gasteiger partial charge in [0.2, 0.25) is 0 Å². The number of aromatic hydroxyl groups is 1. The lowest BCUT2D eigenvalue weighted by Gasteiger charge is -2.03. The third-order valence-electron chi connectivity index (χ3n) is 1.94. The van der Waals surface area contributed by atoms with E-state index in [0.717, 1.165) is 18.2 Å². The molecule has 0 saturated carbocycles. The van der Waals surface area contributed by atoms with Gasteiger partial charge in [-0.25, -0.2) is 4.39 Å². The fraction of sp³-hybridized carbons (Fsp3) is 0.111. The van der Waals surface area contributed by atoms with Crippen molar-refractivity contribution in [3.63, 3.8) is 0 Å². The summed E-state index contributed by atoms with van der Waals surface area (Å²) in [5.74, 6) is -1.72. The first kappa shape index (κ1) is 11.0. The van der Waals surface area contributed by atoms with Crippen LogP contribution < -0.4 is 5.32 Å². The molecule has 1 heterocycles. The molecule has 8 heteroatoms. The largest absolute Gasteiger partial charge is 0.507 e. The summed E-state index contributed by atoms with van der Waals surface area (Å²) in [6.07, 6.45) is 0. The van der Waals surface area contributed by atoms with Crippen LogP contribution in [0.3, 0.4) is 0 Å². The van der Waals surface area contributed by atoms with E-state index in [1.54, 1.807) is 0 Å². The molecule has 0 fully saturated rings. The number of carbonyl (C=O) groups is 1. The van der Waals surface area contributed by atoms with E-state index in [0.29, 0.717) is 0 Å². The number of anilines is 1. The van der Waals surface area contributed by atoms with Crippen LogP contribution in [0.25, 0.3) is 0 Å². The number of carbonyl (C=O) groups excluding carboxylic acids is 1. The van der Waals surface area contributed by atoms with Gasteiger partial charge in [0.25, 0.3) is 11.9 Å². The van der Waals surface area contributed by atoms with Crippen molar-refractivity contribution < 1.29 is 14.3 Å². The average molecular weight is 237 g/mol. The molecule has 0 saturated heterocycles. The molecule has 2 rings (SSSR count). The van der Waals surface area contributed by atoms with Gasteiger partial charge < -0.3 is 5.11 Å². The molecule has 0 spiro atoms. The molecule has 17 heavy (non-hydrogen) atoms. The van der Waals surface area contributed by atoms with E-state index >= 15 is 0 Å². The van der Waals surface area contributed by atoms with Gasteiger partial charge in [-0.2, -0.15) is 4.80 Å². The zero-order valence-corrected chi connectivity index (χ0v) is 8.75. The number of hydrogen-bond acceptors (Lipinski definition) is 5. The van der Waals surface area contributed by atoms with Gasteiger partial charge in [0, 0.05) is 6.07 Å². The number of amides is 1. The third kappa shape index (κ3) is 2.36. The number of halogens is 1. The van der Waals surface area contributed by atoms with Gasteiger partial charge in [0.15, 0.2) is 0 Å². The second-order valence-electron chi connectivity index (χ2n) is 3.22. The first-order valence-corrected chi connectivity index (χ1v) is 4.60. The predicted molar refractivity (Wildman–Crippen MR) is 54.8 cm³/mol. The van der Waals surface area contributed by atoms with Crippen LogP contribution in [0.2, 0.25) is 0 Å². The van der Waals surface area contributed by atoms with Crippen LogP contribution in [-0.2, 0) is 7.05 Å². The molecule has 88 valence electrons. The molecule has 0 radical (unpaired) electrons. The van der Waals surface area contributed by atoms with Crippen molar-refractivity contribution in [1.82, 2.24) is 20.2 Å². The Morgan fingerprint density at radius 2 is 2.29 bits per heavy atom. The van der Waals surface area contributed by atoms with Crippen LogP contribution in [0.15, 0.2) is 18.2 Å². The second-order valence-corrected chi connectivity index (χ2v) is 3.22. The highest BCUT2D eigenvalue weighted by Gasteiger charge is 2.13. The fourth-order valence-electron chi connectivity index (χ4n) is 1.20. The summed E-state index contributed by atoms with van der Waals surface area (Å²) in [6, 6.07) is 3.08. The molecule has 0 aliphatic rings. The Kier molecular flexibility index (Phi) is 2.69. The molecule has 7 nitrogen and oxygen atoms in total. The van der Waals surface area contributed by atoms with E-state index < -0.39 is 17.5 Å². The lowest BCUT2D eigenvalue weighted by molar-refractivity contribution is 0.102. The summed E-state index contributed by atoms with van der Waals surface area (Å²) in [5.41, 5.74) is -0.0705. The van der Waals surface area contributed by atoms with Crippen LogP contribution in [-0.4, -0.2) is 31.2 Å². The molecule has 0 unspecified atom stereocenters. The van der Waals surface area contributed by atoms with Gasteiger partial charge in [-0.3, -0.25) is 10.1 Å². The normalized spacial score (nSPS) is 10.2. The van der Waals surface area contributed by atoms with Gasteiger partial charge in [-0.05, 0) is 17.3 Å². The molecule has 1 aromatic heterocycles. The monoisotopic (exact) mass is 237 g/mol. The Balaban J connectivity index is 2.20. The number of hydrogen-bond donors (Lipinski definition) is 2. The molecular formula is C9H8FN5O2. The quantitative estimate of drug-likeness (QED) is 0.783. The van der Waals surface area contributed by atoms with Gasteiger partial charge in [-0.15, -0.1) is 5.10 Å². The van der Waals surface area contributed by atoms with Crippen molar-refractivity contribution in [3.8, 4) is 5.75 Å². The molecule has 0 atom stereocenters. The molecule has 0 aliphatic carbocycles. The van der Waals surface area contributed by atoms with Gasteiger partial charge in [-0.1, -0.05) is 5.10 Å². The SMILES string of the molecule is Cn1nnc(NC(=O)c2ccc(F)cc2O)n1. The summed E-state index contributed by atoms with van der Waals surface area (Å²) >= 11 is 0. The van der Waals surface area contributed by atoms with Gasteiger partial charge in [0.05, 0.1) is 12.6 Å². The molecule has 1 aromatic carbocycles. The highest BCUT2D eigenvalue weighted by Crippen LogP contribution is 2.18. The highest BCUT2D eigenvalue weighted by molar-refractivity contribution is 6.05. The Labute approximate surface area is 94.9 Å². The Bertz CT molecular complexity index is 568. The maximum absolute atomic E-state index is 12.7. The van der Waals surface area contributed by atoms with Crippen molar-refractivity contribution in [2.24, 2.45) is 7.05 Å². The molecule has 0 aliphatic heterocycles. The zero-order chi connectivity index (χ0) is 12.4. The summed E-state index contributed by atoms with van der Waals surface area (Å²) in [5, 5.41) is 22.5. The average Bonchev–Trinajstić information content (AvgIpc) is 2.63. The first-order valence-electron chi connectivity index (χ1n) is 4.60. The number of aryl methyl sites for hydroxylation is 1. The highest BCUT2D eigenvalue weighted by atomic mass is 19.1. The smallest absolute Gasteiger partial charge is 0.270 e. The number of nitrogens with one attached hydrogen (secondary N) is 1. The maximum atomic E-state index is 12.7. The standard InChI is InChI=1S/C9H8FN5O2/c1-15-13-9(12-14-15)11-8(17)6-3-2-5(10)4-7(6)16/h2-4,16H,1H3,(H,11,13,17). The summed E-state index contributed by atoms with van der Waals surface area (Å²) in [6.45, 7) is 0. The van der Waals surface area contributed by atoms with Crippen molar-refractivity contribution in [1.29, 1.82) is 0 Å². The number of benzene rings is 1. The van der Waals surface area contributed by atoms with Crippen molar-refractivity contribution in [3.05, 3.63) is 29.6 Å². The number of phenolic OH excluding ortho intramolecular Hbond substituents is 1. The maximum Gasteiger partial charge on any atom is 0.270 e. The third-order valence-corrected chi connectivity index (χ3v) is 1.94. The van der Waals surface area contributed by atoms with Gasteiger partial charge in [0.1, 0.15) is 11.6 Å². The Hall–Kier alpha value is -2.51. The number of phenols is 1. The van der Waals surface area contributed by atoms with E-state index in [9.17, 15) is 14.3 Å². The predicted octanol–water partition coefficient (Wildman–Crippen LogP) is 0.307. The van der Waals surface area contributed by atoms with Crippen molar-refractivity contribution in [2.75, 3.05) is 5.32 Å². The molecule has 2 N–H and O–H groups in total. The second kappa shape index (κ2) is 4.16. The topological polar surface area (TPSA) is 92.9 Å². The Morgan fingerprint density at radius 1 is 1.53 bits per heavy atom. The molecule has 1 amide bonds. The lowest BCUT2D eigenvalue weighted by atomic mass is 10.2. The minimum absolute atomic E-state index is 0.00113. The lowest BCUT2D eigenvalue weighted by Crippen LogP contribution is -2.13. The zero-order valence-electron chi connectivity index (χ0n) is 8.75. The summed E-state index contributed by atoms with van der Waals surface area (Å²) < 4.78 is 12.7. The van der Waals surface area contributed by atoms with Crippen molar-refractivity contribution in [2.45, 2.75) is 0 Å². The van der Waals surface area contributed by atoms with E-state index in [1.165, 1.54) is 11.8 Å². The van der Waals surface area contributed by atoms with Crippen LogP contribution >= 0.6 is 0 Å². The minimum Gasteiger partial charge on any atom is -0.507 e. The number of nitrogens with zero attached hydrogens (tertiary/aromatic N) is 4. The van der Waals surface area contributed by atoms with Crippen LogP contribution in [0.4, 0.5) is 10.3 Å². The number of aromatic nitrogens is 4. The molecule has 2 aromatic rings. The van der Waals surface area contributed by atoms with Crippen LogP contribution in [0.5, 0.6) is 5.75 Å². The number of rotatable bonds is 2. The van der Waals surface area contributed by atoms with Crippen LogP contribution in [0, 0.1) is 5.82 Å². The fourth-order valence-corrected chi connectivity index (χ4v) is 1.20. The first-order chi connectivity index (χ1) is 8.06. The Morgan fingerprint density at radius 3 is 2.88 bits per heavy atom. The van der Waals surface area contributed by atoms with Crippen molar-refractivity contribution >= 4 is 11.9 Å². The summed E-state index contributed by atoms with van der Waals surface area (Å²) in [4.78, 5) is 12.8.